The number of carbonyl (C=O) groups excluding carboxylic acids is 1. The SMILES string of the molecule is CCCCCOc1ccc(C2CCC(CCCCC)CC2=O)cc1. The maximum Gasteiger partial charge on any atom is 0.140 e. The molecule has 1 aliphatic rings. The summed E-state index contributed by atoms with van der Waals surface area (Å²) in [6, 6.07) is 8.24. The van der Waals surface area contributed by atoms with Gasteiger partial charge in [-0.05, 0) is 42.9 Å². The molecule has 1 aliphatic carbocycles. The summed E-state index contributed by atoms with van der Waals surface area (Å²) in [6.07, 6.45) is 11.6. The average molecular weight is 331 g/mol. The molecule has 1 fully saturated rings. The summed E-state index contributed by atoms with van der Waals surface area (Å²) in [5.74, 6) is 2.11. The molecule has 2 rings (SSSR count). The highest BCUT2D eigenvalue weighted by molar-refractivity contribution is 5.86. The van der Waals surface area contributed by atoms with E-state index in [-0.39, 0.29) is 5.92 Å². The molecule has 0 amide bonds. The van der Waals surface area contributed by atoms with Crippen molar-refractivity contribution in [2.24, 2.45) is 5.92 Å². The second kappa shape index (κ2) is 10.5. The van der Waals surface area contributed by atoms with Gasteiger partial charge in [0.2, 0.25) is 0 Å². The van der Waals surface area contributed by atoms with Crippen molar-refractivity contribution < 1.29 is 9.53 Å². The molecule has 1 aromatic carbocycles. The predicted octanol–water partition coefficient (Wildman–Crippen LogP) is 6.29. The Hall–Kier alpha value is -1.31. The molecule has 0 heterocycles. The number of hydrogen-bond donors (Lipinski definition) is 0. The number of rotatable bonds is 10. The van der Waals surface area contributed by atoms with E-state index in [4.69, 9.17) is 4.74 Å². The lowest BCUT2D eigenvalue weighted by molar-refractivity contribution is -0.123. The van der Waals surface area contributed by atoms with Crippen LogP contribution in [0.15, 0.2) is 24.3 Å². The third-order valence-electron chi connectivity index (χ3n) is 5.26. The molecular weight excluding hydrogens is 296 g/mol. The Balaban J connectivity index is 1.80. The zero-order valence-electron chi connectivity index (χ0n) is 15.6. The van der Waals surface area contributed by atoms with Gasteiger partial charge < -0.3 is 4.74 Å². The van der Waals surface area contributed by atoms with Gasteiger partial charge in [-0.15, -0.1) is 0 Å². The minimum Gasteiger partial charge on any atom is -0.494 e. The highest BCUT2D eigenvalue weighted by Gasteiger charge is 2.29. The summed E-state index contributed by atoms with van der Waals surface area (Å²) in [6.45, 7) is 5.22. The third-order valence-corrected chi connectivity index (χ3v) is 5.26. The van der Waals surface area contributed by atoms with E-state index in [0.29, 0.717) is 11.7 Å². The van der Waals surface area contributed by atoms with Crippen LogP contribution in [0.1, 0.15) is 89.5 Å². The Kier molecular flexibility index (Phi) is 8.35. The predicted molar refractivity (Wildman–Crippen MR) is 101 cm³/mol. The third kappa shape index (κ3) is 5.96. The summed E-state index contributed by atoms with van der Waals surface area (Å²) in [5, 5.41) is 0. The first-order valence-electron chi connectivity index (χ1n) is 10.00. The first kappa shape index (κ1) is 19.0. The minimum atomic E-state index is 0.113. The number of ketones is 1. The monoisotopic (exact) mass is 330 g/mol. The van der Waals surface area contributed by atoms with Gasteiger partial charge in [-0.3, -0.25) is 4.79 Å². The van der Waals surface area contributed by atoms with Gasteiger partial charge in [-0.1, -0.05) is 64.5 Å². The molecule has 0 N–H and O–H groups in total. The summed E-state index contributed by atoms with van der Waals surface area (Å²) < 4.78 is 5.76. The van der Waals surface area contributed by atoms with E-state index >= 15 is 0 Å². The van der Waals surface area contributed by atoms with Crippen molar-refractivity contribution in [2.45, 2.75) is 84.0 Å². The van der Waals surface area contributed by atoms with Gasteiger partial charge in [0, 0.05) is 12.3 Å². The number of Topliss-reactive ketones (excluding diaryl/α,β-unsaturated/α-hetero) is 1. The molecule has 0 saturated heterocycles. The summed E-state index contributed by atoms with van der Waals surface area (Å²) >= 11 is 0. The van der Waals surface area contributed by atoms with E-state index < -0.39 is 0 Å². The van der Waals surface area contributed by atoms with Crippen LogP contribution < -0.4 is 4.74 Å². The largest absolute Gasteiger partial charge is 0.494 e. The number of ether oxygens (including phenoxy) is 1. The van der Waals surface area contributed by atoms with Crippen molar-refractivity contribution in [2.75, 3.05) is 6.61 Å². The van der Waals surface area contributed by atoms with Crippen LogP contribution in [0, 0.1) is 5.92 Å². The van der Waals surface area contributed by atoms with E-state index in [0.717, 1.165) is 31.6 Å². The van der Waals surface area contributed by atoms with Gasteiger partial charge in [-0.2, -0.15) is 0 Å². The molecule has 2 nitrogen and oxygen atoms in total. The number of unbranched alkanes of at least 4 members (excludes halogenated alkanes) is 4. The zero-order valence-corrected chi connectivity index (χ0v) is 15.6. The molecule has 134 valence electrons. The lowest BCUT2D eigenvalue weighted by Gasteiger charge is -2.27. The zero-order chi connectivity index (χ0) is 17.2. The van der Waals surface area contributed by atoms with Gasteiger partial charge in [0.1, 0.15) is 11.5 Å². The minimum absolute atomic E-state index is 0.113. The number of hydrogen-bond acceptors (Lipinski definition) is 2. The van der Waals surface area contributed by atoms with Crippen LogP contribution in [0.2, 0.25) is 0 Å². The van der Waals surface area contributed by atoms with Crippen LogP contribution in [0.4, 0.5) is 0 Å². The second-order valence-electron chi connectivity index (χ2n) is 7.29. The fraction of sp³-hybridized carbons (Fsp3) is 0.682. The summed E-state index contributed by atoms with van der Waals surface area (Å²) in [5.41, 5.74) is 1.17. The van der Waals surface area contributed by atoms with Crippen molar-refractivity contribution in [1.29, 1.82) is 0 Å². The molecule has 0 aliphatic heterocycles. The topological polar surface area (TPSA) is 26.3 Å². The Morgan fingerprint density at radius 3 is 2.33 bits per heavy atom. The Morgan fingerprint density at radius 1 is 0.958 bits per heavy atom. The van der Waals surface area contributed by atoms with E-state index in [2.05, 4.69) is 26.0 Å². The van der Waals surface area contributed by atoms with E-state index in [9.17, 15) is 4.79 Å². The van der Waals surface area contributed by atoms with Gasteiger partial charge >= 0.3 is 0 Å². The molecule has 0 radical (unpaired) electrons. The van der Waals surface area contributed by atoms with Crippen molar-refractivity contribution in [3.8, 4) is 5.75 Å². The first-order valence-corrected chi connectivity index (χ1v) is 10.00. The van der Waals surface area contributed by atoms with E-state index in [1.807, 2.05) is 12.1 Å². The van der Waals surface area contributed by atoms with Crippen LogP contribution in [0.3, 0.4) is 0 Å². The van der Waals surface area contributed by atoms with Crippen molar-refractivity contribution >= 4 is 5.78 Å². The molecule has 2 unspecified atom stereocenters. The van der Waals surface area contributed by atoms with Gasteiger partial charge in [-0.25, -0.2) is 0 Å². The van der Waals surface area contributed by atoms with Crippen LogP contribution in [0.5, 0.6) is 5.75 Å². The van der Waals surface area contributed by atoms with Crippen molar-refractivity contribution in [1.82, 2.24) is 0 Å². The van der Waals surface area contributed by atoms with Crippen LogP contribution >= 0.6 is 0 Å². The molecule has 0 aromatic heterocycles. The quantitative estimate of drug-likeness (QED) is 0.471. The first-order chi connectivity index (χ1) is 11.7. The molecule has 1 aromatic rings. The van der Waals surface area contributed by atoms with Crippen molar-refractivity contribution in [3.05, 3.63) is 29.8 Å². The molecule has 24 heavy (non-hydrogen) atoms. The Morgan fingerprint density at radius 2 is 1.67 bits per heavy atom. The van der Waals surface area contributed by atoms with Crippen LogP contribution in [-0.2, 0) is 4.79 Å². The van der Waals surface area contributed by atoms with Crippen LogP contribution in [-0.4, -0.2) is 12.4 Å². The Bertz CT molecular complexity index is 477. The molecular formula is C22H34O2. The Labute approximate surface area is 148 Å². The fourth-order valence-electron chi connectivity index (χ4n) is 3.71. The van der Waals surface area contributed by atoms with E-state index in [1.165, 1.54) is 50.5 Å². The lowest BCUT2D eigenvalue weighted by Crippen LogP contribution is -2.23. The number of benzene rings is 1. The normalized spacial score (nSPS) is 21.0. The average Bonchev–Trinajstić information content (AvgIpc) is 2.60. The highest BCUT2D eigenvalue weighted by atomic mass is 16.5. The maximum atomic E-state index is 12.5. The van der Waals surface area contributed by atoms with Gasteiger partial charge in [0.05, 0.1) is 6.61 Å². The molecule has 0 bridgehead atoms. The maximum absolute atomic E-state index is 12.5. The number of carbonyl (C=O) groups is 1. The smallest absolute Gasteiger partial charge is 0.140 e. The van der Waals surface area contributed by atoms with Gasteiger partial charge in [0.25, 0.3) is 0 Å². The van der Waals surface area contributed by atoms with Crippen LogP contribution in [0.25, 0.3) is 0 Å². The van der Waals surface area contributed by atoms with Crippen molar-refractivity contribution in [3.63, 3.8) is 0 Å². The fourth-order valence-corrected chi connectivity index (χ4v) is 3.71. The summed E-state index contributed by atoms with van der Waals surface area (Å²) in [4.78, 5) is 12.5. The standard InChI is InChI=1S/C22H34O2/c1-3-5-7-9-18-10-15-21(22(23)17-18)19-11-13-20(14-12-19)24-16-8-6-4-2/h11-14,18,21H,3-10,15-17H2,1-2H3. The van der Waals surface area contributed by atoms with Gasteiger partial charge in [0.15, 0.2) is 0 Å². The lowest BCUT2D eigenvalue weighted by atomic mass is 9.76. The second-order valence-corrected chi connectivity index (χ2v) is 7.29. The molecule has 2 heteroatoms. The highest BCUT2D eigenvalue weighted by Crippen LogP contribution is 2.35. The molecule has 0 spiro atoms. The summed E-state index contributed by atoms with van der Waals surface area (Å²) in [7, 11) is 0. The van der Waals surface area contributed by atoms with E-state index in [1.54, 1.807) is 0 Å². The molecule has 2 atom stereocenters. The molecule has 1 saturated carbocycles.